The van der Waals surface area contributed by atoms with E-state index >= 15 is 0 Å². The Morgan fingerprint density at radius 1 is 1.36 bits per heavy atom. The summed E-state index contributed by atoms with van der Waals surface area (Å²) in [5.74, 6) is 0.882. The van der Waals surface area contributed by atoms with Crippen LogP contribution in [-0.2, 0) is 0 Å². The van der Waals surface area contributed by atoms with Gasteiger partial charge in [0, 0.05) is 14.1 Å². The van der Waals surface area contributed by atoms with Crippen LogP contribution in [-0.4, -0.2) is 24.8 Å². The molecule has 0 unspecified atom stereocenters. The molecule has 0 fully saturated rings. The minimum atomic E-state index is 0.605. The van der Waals surface area contributed by atoms with Crippen molar-refractivity contribution in [3.63, 3.8) is 0 Å². The van der Waals surface area contributed by atoms with Crippen LogP contribution in [0.5, 0.6) is 0 Å². The van der Waals surface area contributed by atoms with Gasteiger partial charge in [-0.2, -0.15) is 5.26 Å². The Kier molecular flexibility index (Phi) is 3.24. The van der Waals surface area contributed by atoms with Crippen molar-refractivity contribution in [2.24, 2.45) is 4.99 Å². The average molecular weight is 187 g/mol. The molecule has 1 aromatic carbocycles. The molecular weight excluding hydrogens is 174 g/mol. The summed E-state index contributed by atoms with van der Waals surface area (Å²) in [6, 6.07) is 9.43. The molecule has 3 nitrogen and oxygen atoms in total. The van der Waals surface area contributed by atoms with Gasteiger partial charge >= 0.3 is 0 Å². The molecule has 0 bridgehead atoms. The number of nitriles is 1. The van der Waals surface area contributed by atoms with Gasteiger partial charge in [-0.05, 0) is 19.1 Å². The van der Waals surface area contributed by atoms with Crippen LogP contribution in [0.1, 0.15) is 12.5 Å². The lowest BCUT2D eigenvalue weighted by atomic mass is 10.2. The summed E-state index contributed by atoms with van der Waals surface area (Å²) in [5, 5.41) is 8.84. The molecule has 0 atom stereocenters. The third-order valence-corrected chi connectivity index (χ3v) is 1.95. The van der Waals surface area contributed by atoms with Gasteiger partial charge in [0.15, 0.2) is 0 Å². The van der Waals surface area contributed by atoms with Crippen molar-refractivity contribution >= 4 is 11.5 Å². The Labute approximate surface area is 84.3 Å². The minimum absolute atomic E-state index is 0.605. The first-order valence-corrected chi connectivity index (χ1v) is 4.37. The zero-order valence-corrected chi connectivity index (χ0v) is 8.65. The predicted octanol–water partition coefficient (Wildman–Crippen LogP) is 2.17. The molecule has 0 aliphatic rings. The van der Waals surface area contributed by atoms with Crippen molar-refractivity contribution < 1.29 is 0 Å². The van der Waals surface area contributed by atoms with Crippen LogP contribution in [0, 0.1) is 11.3 Å². The highest BCUT2D eigenvalue weighted by Gasteiger charge is 1.99. The number of amidine groups is 1. The largest absolute Gasteiger partial charge is 0.366 e. The maximum absolute atomic E-state index is 8.84. The number of para-hydroxylation sites is 1. The quantitative estimate of drug-likeness (QED) is 0.499. The fourth-order valence-electron chi connectivity index (χ4n) is 0.940. The van der Waals surface area contributed by atoms with E-state index in [1.54, 1.807) is 6.07 Å². The van der Waals surface area contributed by atoms with Gasteiger partial charge in [-0.1, -0.05) is 12.1 Å². The third kappa shape index (κ3) is 2.33. The molecule has 72 valence electrons. The standard InChI is InChI=1S/C11H13N3/c1-9(14(2)3)13-11-7-5-4-6-10(11)8-12/h4-7H,1-3H3. The van der Waals surface area contributed by atoms with E-state index in [2.05, 4.69) is 11.1 Å². The third-order valence-electron chi connectivity index (χ3n) is 1.95. The van der Waals surface area contributed by atoms with Gasteiger partial charge in [0.2, 0.25) is 0 Å². The molecule has 0 radical (unpaired) electrons. The van der Waals surface area contributed by atoms with Crippen LogP contribution >= 0.6 is 0 Å². The van der Waals surface area contributed by atoms with Crippen molar-refractivity contribution in [3.05, 3.63) is 29.8 Å². The topological polar surface area (TPSA) is 39.4 Å². The Hall–Kier alpha value is -1.82. The lowest BCUT2D eigenvalue weighted by Crippen LogP contribution is -2.17. The number of benzene rings is 1. The zero-order chi connectivity index (χ0) is 10.6. The molecule has 0 aromatic heterocycles. The second-order valence-corrected chi connectivity index (χ2v) is 3.18. The molecule has 0 heterocycles. The van der Waals surface area contributed by atoms with E-state index in [-0.39, 0.29) is 0 Å². The fraction of sp³-hybridized carbons (Fsp3) is 0.273. The number of nitrogens with zero attached hydrogens (tertiary/aromatic N) is 3. The van der Waals surface area contributed by atoms with E-state index in [0.29, 0.717) is 5.56 Å². The molecule has 14 heavy (non-hydrogen) atoms. The first-order chi connectivity index (χ1) is 6.65. The van der Waals surface area contributed by atoms with Crippen LogP contribution in [0.2, 0.25) is 0 Å². The van der Waals surface area contributed by atoms with E-state index in [1.807, 2.05) is 44.1 Å². The molecule has 0 saturated carbocycles. The highest BCUT2D eigenvalue weighted by molar-refractivity contribution is 5.82. The van der Waals surface area contributed by atoms with E-state index in [4.69, 9.17) is 5.26 Å². The van der Waals surface area contributed by atoms with Crippen molar-refractivity contribution in [1.82, 2.24) is 4.90 Å². The minimum Gasteiger partial charge on any atom is -0.366 e. The lowest BCUT2D eigenvalue weighted by molar-refractivity contribution is 0.619. The SMILES string of the molecule is CC(=Nc1ccccc1C#N)N(C)C. The van der Waals surface area contributed by atoms with Gasteiger partial charge in [-0.15, -0.1) is 0 Å². The van der Waals surface area contributed by atoms with Gasteiger partial charge < -0.3 is 4.90 Å². The summed E-state index contributed by atoms with van der Waals surface area (Å²) in [4.78, 5) is 6.26. The number of aliphatic imine (C=N–C) groups is 1. The summed E-state index contributed by atoms with van der Waals surface area (Å²) in [7, 11) is 3.85. The van der Waals surface area contributed by atoms with Gasteiger partial charge in [0.05, 0.1) is 11.3 Å². The maximum Gasteiger partial charge on any atom is 0.101 e. The van der Waals surface area contributed by atoms with Crippen LogP contribution in [0.25, 0.3) is 0 Å². The molecule has 1 aromatic rings. The van der Waals surface area contributed by atoms with E-state index in [9.17, 15) is 0 Å². The maximum atomic E-state index is 8.84. The van der Waals surface area contributed by atoms with E-state index < -0.39 is 0 Å². The summed E-state index contributed by atoms with van der Waals surface area (Å²) in [6.45, 7) is 1.91. The van der Waals surface area contributed by atoms with Crippen molar-refractivity contribution in [2.45, 2.75) is 6.92 Å². The Morgan fingerprint density at radius 2 is 2.00 bits per heavy atom. The second-order valence-electron chi connectivity index (χ2n) is 3.18. The second kappa shape index (κ2) is 4.43. The van der Waals surface area contributed by atoms with Crippen LogP contribution in [0.15, 0.2) is 29.3 Å². The normalized spacial score (nSPS) is 10.9. The predicted molar refractivity (Wildman–Crippen MR) is 57.6 cm³/mol. The highest BCUT2D eigenvalue weighted by Crippen LogP contribution is 2.17. The fourth-order valence-corrected chi connectivity index (χ4v) is 0.940. The molecule has 0 spiro atoms. The van der Waals surface area contributed by atoms with Gasteiger partial charge in [-0.3, -0.25) is 0 Å². The van der Waals surface area contributed by atoms with E-state index in [1.165, 1.54) is 0 Å². The van der Waals surface area contributed by atoms with Gasteiger partial charge in [0.25, 0.3) is 0 Å². The summed E-state index contributed by atoms with van der Waals surface area (Å²) >= 11 is 0. The first-order valence-electron chi connectivity index (χ1n) is 4.37. The Morgan fingerprint density at radius 3 is 2.57 bits per heavy atom. The van der Waals surface area contributed by atoms with Crippen molar-refractivity contribution in [2.75, 3.05) is 14.1 Å². The molecule has 0 aliphatic carbocycles. The number of hydrogen-bond acceptors (Lipinski definition) is 2. The molecular formula is C11H13N3. The lowest BCUT2D eigenvalue weighted by Gasteiger charge is -2.11. The van der Waals surface area contributed by atoms with E-state index in [0.717, 1.165) is 11.5 Å². The smallest absolute Gasteiger partial charge is 0.101 e. The van der Waals surface area contributed by atoms with Crippen LogP contribution in [0.4, 0.5) is 5.69 Å². The molecule has 3 heteroatoms. The Balaban J connectivity index is 3.09. The molecule has 0 N–H and O–H groups in total. The average Bonchev–Trinajstić information content (AvgIpc) is 2.18. The summed E-state index contributed by atoms with van der Waals surface area (Å²) in [6.07, 6.45) is 0. The van der Waals surface area contributed by atoms with Crippen LogP contribution < -0.4 is 0 Å². The van der Waals surface area contributed by atoms with Gasteiger partial charge in [0.1, 0.15) is 11.9 Å². The summed E-state index contributed by atoms with van der Waals surface area (Å²) in [5.41, 5.74) is 1.33. The first kappa shape index (κ1) is 10.3. The molecule has 1 rings (SSSR count). The molecule has 0 aliphatic heterocycles. The van der Waals surface area contributed by atoms with Gasteiger partial charge in [-0.25, -0.2) is 4.99 Å². The van der Waals surface area contributed by atoms with Crippen molar-refractivity contribution in [3.8, 4) is 6.07 Å². The molecule has 0 saturated heterocycles. The molecule has 0 amide bonds. The summed E-state index contributed by atoms with van der Waals surface area (Å²) < 4.78 is 0. The zero-order valence-electron chi connectivity index (χ0n) is 8.65. The van der Waals surface area contributed by atoms with Crippen LogP contribution in [0.3, 0.4) is 0 Å². The van der Waals surface area contributed by atoms with Crippen molar-refractivity contribution in [1.29, 1.82) is 5.26 Å². The number of rotatable bonds is 1. The number of hydrogen-bond donors (Lipinski definition) is 0. The highest BCUT2D eigenvalue weighted by atomic mass is 15.1. The Bertz CT molecular complexity index is 386. The monoisotopic (exact) mass is 187 g/mol.